The Hall–Kier alpha value is -2.39. The first kappa shape index (κ1) is 14.5. The van der Waals surface area contributed by atoms with Crippen molar-refractivity contribution in [1.29, 1.82) is 0 Å². The maximum Gasteiger partial charge on any atom is 0.284 e. The molecular formula is C19H15NOS. The van der Waals surface area contributed by atoms with Gasteiger partial charge in [-0.25, -0.2) is 4.98 Å². The molecule has 1 heterocycles. The summed E-state index contributed by atoms with van der Waals surface area (Å²) in [5, 5.41) is 0. The van der Waals surface area contributed by atoms with Crippen LogP contribution in [0, 0.1) is 6.92 Å². The third-order valence-corrected chi connectivity index (χ3v) is 4.29. The monoisotopic (exact) mass is 305 g/mol. The molecule has 0 aliphatic rings. The topological polar surface area (TPSA) is 30.0 Å². The largest absolute Gasteiger partial charge is 0.284 e. The highest BCUT2D eigenvalue weighted by Crippen LogP contribution is 2.24. The summed E-state index contributed by atoms with van der Waals surface area (Å²) in [6.07, 6.45) is 0. The van der Waals surface area contributed by atoms with Crippen molar-refractivity contribution in [2.24, 2.45) is 0 Å². The maximum absolute atomic E-state index is 12.4. The third kappa shape index (κ3) is 3.43. The van der Waals surface area contributed by atoms with Gasteiger partial charge < -0.3 is 0 Å². The van der Waals surface area contributed by atoms with E-state index in [1.807, 2.05) is 79.7 Å². The van der Waals surface area contributed by atoms with Gasteiger partial charge >= 0.3 is 0 Å². The molecule has 0 saturated carbocycles. The molecule has 0 amide bonds. The fourth-order valence-corrected chi connectivity index (χ4v) is 2.90. The summed E-state index contributed by atoms with van der Waals surface area (Å²) in [5.74, 6) is 0. The van der Waals surface area contributed by atoms with Gasteiger partial charge in [-0.05, 0) is 31.2 Å². The van der Waals surface area contributed by atoms with Crippen LogP contribution in [0.3, 0.4) is 0 Å². The first-order valence-electron chi connectivity index (χ1n) is 7.04. The Balaban J connectivity index is 1.97. The second-order valence-corrected chi connectivity index (χ2v) is 6.09. The molecule has 3 heteroatoms. The number of hydrogen-bond donors (Lipinski definition) is 0. The SMILES string of the molecule is Cc1ccc(-c2cccc(Sc3ccccc3)c(=O)n2)cc1. The first-order chi connectivity index (χ1) is 10.7. The number of rotatable bonds is 3. The van der Waals surface area contributed by atoms with Gasteiger partial charge in [0.25, 0.3) is 5.56 Å². The first-order valence-corrected chi connectivity index (χ1v) is 7.85. The number of aryl methyl sites for hydroxylation is 1. The lowest BCUT2D eigenvalue weighted by Gasteiger charge is -1.98. The van der Waals surface area contributed by atoms with Crippen molar-refractivity contribution in [3.05, 3.63) is 88.7 Å². The Labute approximate surface area is 133 Å². The highest BCUT2D eigenvalue weighted by molar-refractivity contribution is 7.99. The molecule has 0 bridgehead atoms. The molecule has 2 nitrogen and oxygen atoms in total. The molecule has 2 aromatic carbocycles. The molecule has 22 heavy (non-hydrogen) atoms. The predicted octanol–water partition coefficient (Wildman–Crippen LogP) is 4.57. The van der Waals surface area contributed by atoms with Gasteiger partial charge in [-0.15, -0.1) is 0 Å². The molecule has 0 spiro atoms. The molecule has 0 N–H and O–H groups in total. The van der Waals surface area contributed by atoms with Gasteiger partial charge in [0.2, 0.25) is 0 Å². The van der Waals surface area contributed by atoms with E-state index in [0.29, 0.717) is 10.6 Å². The zero-order valence-corrected chi connectivity index (χ0v) is 13.0. The smallest absolute Gasteiger partial charge is 0.266 e. The number of aromatic nitrogens is 1. The summed E-state index contributed by atoms with van der Waals surface area (Å²) in [4.78, 5) is 18.3. The maximum atomic E-state index is 12.4. The van der Waals surface area contributed by atoms with Crippen LogP contribution in [0.2, 0.25) is 0 Å². The minimum Gasteiger partial charge on any atom is -0.266 e. The second-order valence-electron chi connectivity index (χ2n) is 4.97. The van der Waals surface area contributed by atoms with Crippen LogP contribution in [0.5, 0.6) is 0 Å². The molecule has 0 saturated heterocycles. The summed E-state index contributed by atoms with van der Waals surface area (Å²) < 4.78 is 0. The van der Waals surface area contributed by atoms with Crippen LogP contribution in [-0.2, 0) is 0 Å². The van der Waals surface area contributed by atoms with Crippen LogP contribution >= 0.6 is 11.8 Å². The summed E-state index contributed by atoms with van der Waals surface area (Å²) in [6.45, 7) is 2.04. The molecule has 0 radical (unpaired) electrons. The molecule has 108 valence electrons. The Bertz CT molecular complexity index is 829. The minimum absolute atomic E-state index is 0.200. The van der Waals surface area contributed by atoms with E-state index in [4.69, 9.17) is 0 Å². The van der Waals surface area contributed by atoms with Crippen molar-refractivity contribution in [3.8, 4) is 11.3 Å². The quantitative estimate of drug-likeness (QED) is 0.710. The van der Waals surface area contributed by atoms with Crippen molar-refractivity contribution in [3.63, 3.8) is 0 Å². The second kappa shape index (κ2) is 6.58. The molecule has 1 aromatic heterocycles. The summed E-state index contributed by atoms with van der Waals surface area (Å²) >= 11 is 1.44. The normalized spacial score (nSPS) is 10.4. The van der Waals surface area contributed by atoms with Crippen LogP contribution in [0.1, 0.15) is 5.56 Å². The lowest BCUT2D eigenvalue weighted by molar-refractivity contribution is 1.19. The van der Waals surface area contributed by atoms with Gasteiger partial charge in [-0.1, -0.05) is 65.9 Å². The fourth-order valence-electron chi connectivity index (χ4n) is 2.08. The summed E-state index contributed by atoms with van der Waals surface area (Å²) in [6, 6.07) is 23.4. The van der Waals surface area contributed by atoms with Gasteiger partial charge in [0.05, 0.1) is 10.6 Å². The minimum atomic E-state index is -0.200. The number of benzene rings is 2. The van der Waals surface area contributed by atoms with Crippen molar-refractivity contribution >= 4 is 11.8 Å². The average molecular weight is 305 g/mol. The van der Waals surface area contributed by atoms with E-state index in [1.165, 1.54) is 17.3 Å². The molecule has 0 atom stereocenters. The van der Waals surface area contributed by atoms with Crippen LogP contribution in [0.4, 0.5) is 0 Å². The number of hydrogen-bond acceptors (Lipinski definition) is 3. The zero-order valence-electron chi connectivity index (χ0n) is 12.2. The van der Waals surface area contributed by atoms with Crippen molar-refractivity contribution < 1.29 is 0 Å². The molecule has 0 unspecified atom stereocenters. The van der Waals surface area contributed by atoms with Gasteiger partial charge in [0, 0.05) is 10.5 Å². The van der Waals surface area contributed by atoms with Crippen LogP contribution in [0.25, 0.3) is 11.3 Å². The molecule has 0 aliphatic heterocycles. The van der Waals surface area contributed by atoms with E-state index < -0.39 is 0 Å². The van der Waals surface area contributed by atoms with E-state index in [-0.39, 0.29) is 5.56 Å². The molecule has 3 aromatic rings. The fraction of sp³-hybridized carbons (Fsp3) is 0.0526. The summed E-state index contributed by atoms with van der Waals surface area (Å²) in [7, 11) is 0. The van der Waals surface area contributed by atoms with Gasteiger partial charge in [-0.2, -0.15) is 0 Å². The molecular weight excluding hydrogens is 290 g/mol. The standard InChI is InChI=1S/C19H15NOS/c1-14-10-12-15(13-11-14)17-8-5-9-18(19(21)20-17)22-16-6-3-2-4-7-16/h2-13H,1H3. The predicted molar refractivity (Wildman–Crippen MR) is 91.2 cm³/mol. The van der Waals surface area contributed by atoms with Gasteiger partial charge in [0.1, 0.15) is 0 Å². The van der Waals surface area contributed by atoms with E-state index >= 15 is 0 Å². The Kier molecular flexibility index (Phi) is 4.35. The van der Waals surface area contributed by atoms with E-state index in [0.717, 1.165) is 10.5 Å². The molecule has 0 fully saturated rings. The van der Waals surface area contributed by atoms with Crippen LogP contribution in [-0.4, -0.2) is 4.98 Å². The van der Waals surface area contributed by atoms with E-state index in [2.05, 4.69) is 4.98 Å². The Morgan fingerprint density at radius 3 is 2.27 bits per heavy atom. The highest BCUT2D eigenvalue weighted by Gasteiger charge is 2.04. The van der Waals surface area contributed by atoms with Gasteiger partial charge in [-0.3, -0.25) is 4.79 Å². The van der Waals surface area contributed by atoms with Crippen LogP contribution in [0.15, 0.2) is 87.4 Å². The van der Waals surface area contributed by atoms with E-state index in [1.54, 1.807) is 0 Å². The van der Waals surface area contributed by atoms with Crippen LogP contribution < -0.4 is 5.56 Å². The number of nitrogens with zero attached hydrogens (tertiary/aromatic N) is 1. The Morgan fingerprint density at radius 1 is 0.818 bits per heavy atom. The van der Waals surface area contributed by atoms with Crippen molar-refractivity contribution in [2.45, 2.75) is 16.7 Å². The van der Waals surface area contributed by atoms with Gasteiger partial charge in [0.15, 0.2) is 0 Å². The van der Waals surface area contributed by atoms with E-state index in [9.17, 15) is 4.79 Å². The molecule has 3 rings (SSSR count). The highest BCUT2D eigenvalue weighted by atomic mass is 32.2. The lowest BCUT2D eigenvalue weighted by atomic mass is 10.1. The third-order valence-electron chi connectivity index (χ3n) is 3.25. The average Bonchev–Trinajstić information content (AvgIpc) is 2.71. The molecule has 0 aliphatic carbocycles. The lowest BCUT2D eigenvalue weighted by Crippen LogP contribution is -2.05. The zero-order chi connectivity index (χ0) is 15.4. The van der Waals surface area contributed by atoms with Crippen molar-refractivity contribution in [2.75, 3.05) is 0 Å². The summed E-state index contributed by atoms with van der Waals surface area (Å²) in [5.41, 5.74) is 2.64. The Morgan fingerprint density at radius 2 is 1.55 bits per heavy atom. The van der Waals surface area contributed by atoms with Crippen molar-refractivity contribution in [1.82, 2.24) is 4.98 Å².